The smallest absolute Gasteiger partial charge is 0.271 e. The predicted molar refractivity (Wildman–Crippen MR) is 97.3 cm³/mol. The number of ketones is 1. The van der Waals surface area contributed by atoms with Crippen molar-refractivity contribution in [2.24, 2.45) is 5.73 Å². The number of aromatic nitrogens is 4. The second kappa shape index (κ2) is 6.95. The van der Waals surface area contributed by atoms with Crippen molar-refractivity contribution in [1.82, 2.24) is 20.0 Å². The predicted octanol–water partition coefficient (Wildman–Crippen LogP) is 2.54. The number of carbonyl (C=O) groups excluding carboxylic acids is 2. The molecule has 0 saturated carbocycles. The van der Waals surface area contributed by atoms with Crippen molar-refractivity contribution in [2.45, 2.75) is 13.5 Å². The van der Waals surface area contributed by atoms with E-state index in [4.69, 9.17) is 14.6 Å². The minimum Gasteiger partial charge on any atom is -0.456 e. The number of primary amides is 1. The summed E-state index contributed by atoms with van der Waals surface area (Å²) in [4.78, 5) is 28.6. The van der Waals surface area contributed by atoms with Gasteiger partial charge in [0, 0.05) is 12.5 Å². The number of hydrogen-bond donors (Lipinski definition) is 1. The van der Waals surface area contributed by atoms with E-state index in [9.17, 15) is 9.59 Å². The maximum Gasteiger partial charge on any atom is 0.271 e. The molecule has 0 atom stereocenters. The summed E-state index contributed by atoms with van der Waals surface area (Å²) in [7, 11) is 0. The van der Waals surface area contributed by atoms with E-state index in [1.807, 2.05) is 18.2 Å². The van der Waals surface area contributed by atoms with Gasteiger partial charge in [-0.2, -0.15) is 9.90 Å². The van der Waals surface area contributed by atoms with Gasteiger partial charge in [-0.15, -0.1) is 5.10 Å². The number of carbonyl (C=O) groups is 2. The summed E-state index contributed by atoms with van der Waals surface area (Å²) >= 11 is 0. The number of rotatable bonds is 6. The SMILES string of the molecule is CC(=O)c1ccc(Cn2ncc(-c3nc(C(N)=O)c(-c4ccccc4)o3)n2)o1. The van der Waals surface area contributed by atoms with Crippen LogP contribution in [0.15, 0.2) is 57.5 Å². The molecule has 4 rings (SSSR count). The first-order chi connectivity index (χ1) is 13.5. The maximum absolute atomic E-state index is 11.8. The van der Waals surface area contributed by atoms with Gasteiger partial charge >= 0.3 is 0 Å². The van der Waals surface area contributed by atoms with Crippen LogP contribution in [-0.4, -0.2) is 31.7 Å². The Morgan fingerprint density at radius 1 is 1.11 bits per heavy atom. The molecule has 140 valence electrons. The van der Waals surface area contributed by atoms with Crippen molar-refractivity contribution in [3.05, 3.63) is 65.9 Å². The normalized spacial score (nSPS) is 10.9. The molecule has 4 aromatic rings. The molecule has 0 saturated heterocycles. The molecule has 0 bridgehead atoms. The van der Waals surface area contributed by atoms with Crippen LogP contribution < -0.4 is 5.73 Å². The first-order valence-corrected chi connectivity index (χ1v) is 8.37. The highest BCUT2D eigenvalue weighted by Gasteiger charge is 2.22. The second-order valence-electron chi connectivity index (χ2n) is 6.01. The van der Waals surface area contributed by atoms with Crippen molar-refractivity contribution in [3.8, 4) is 22.9 Å². The van der Waals surface area contributed by atoms with Gasteiger partial charge < -0.3 is 14.6 Å². The van der Waals surface area contributed by atoms with Gasteiger partial charge in [0.1, 0.15) is 12.3 Å². The summed E-state index contributed by atoms with van der Waals surface area (Å²) in [5, 5.41) is 8.43. The monoisotopic (exact) mass is 377 g/mol. The van der Waals surface area contributed by atoms with E-state index >= 15 is 0 Å². The third-order valence-corrected chi connectivity index (χ3v) is 3.96. The fraction of sp³-hybridized carbons (Fsp3) is 0.105. The summed E-state index contributed by atoms with van der Waals surface area (Å²) in [6.45, 7) is 1.65. The summed E-state index contributed by atoms with van der Waals surface area (Å²) in [5.41, 5.74) is 6.47. The third kappa shape index (κ3) is 3.32. The maximum atomic E-state index is 11.8. The minimum atomic E-state index is -0.700. The number of oxazole rings is 1. The van der Waals surface area contributed by atoms with Crippen molar-refractivity contribution in [1.29, 1.82) is 0 Å². The van der Waals surface area contributed by atoms with E-state index in [1.54, 1.807) is 24.3 Å². The van der Waals surface area contributed by atoms with E-state index in [0.717, 1.165) is 0 Å². The summed E-state index contributed by atoms with van der Waals surface area (Å²) < 4.78 is 11.2. The largest absolute Gasteiger partial charge is 0.456 e. The van der Waals surface area contributed by atoms with Crippen LogP contribution in [0.3, 0.4) is 0 Å². The van der Waals surface area contributed by atoms with Gasteiger partial charge in [0.15, 0.2) is 28.7 Å². The number of amides is 1. The lowest BCUT2D eigenvalue weighted by molar-refractivity contribution is 0.0981. The zero-order valence-electron chi connectivity index (χ0n) is 14.8. The zero-order chi connectivity index (χ0) is 19.7. The van der Waals surface area contributed by atoms with Crippen LogP contribution in [0.2, 0.25) is 0 Å². The molecule has 0 aliphatic heterocycles. The zero-order valence-corrected chi connectivity index (χ0v) is 14.8. The molecule has 0 radical (unpaired) electrons. The molecule has 3 aromatic heterocycles. The molecule has 0 spiro atoms. The molecule has 0 unspecified atom stereocenters. The molecule has 28 heavy (non-hydrogen) atoms. The number of nitrogens with zero attached hydrogens (tertiary/aromatic N) is 4. The summed E-state index contributed by atoms with van der Waals surface area (Å²) in [6, 6.07) is 12.3. The first-order valence-electron chi connectivity index (χ1n) is 8.37. The molecule has 2 N–H and O–H groups in total. The molecular weight excluding hydrogens is 362 g/mol. The highest BCUT2D eigenvalue weighted by atomic mass is 16.4. The molecule has 0 aliphatic rings. The van der Waals surface area contributed by atoms with Crippen LogP contribution in [0, 0.1) is 0 Å². The van der Waals surface area contributed by atoms with Gasteiger partial charge in [0.2, 0.25) is 5.89 Å². The lowest BCUT2D eigenvalue weighted by Crippen LogP contribution is -2.12. The van der Waals surface area contributed by atoms with Crippen LogP contribution in [0.25, 0.3) is 22.9 Å². The van der Waals surface area contributed by atoms with Crippen LogP contribution in [0.5, 0.6) is 0 Å². The molecule has 3 heterocycles. The quantitative estimate of drug-likeness (QED) is 0.511. The topological polar surface area (TPSA) is 130 Å². The van der Waals surface area contributed by atoms with Gasteiger partial charge in [-0.25, -0.2) is 4.98 Å². The lowest BCUT2D eigenvalue weighted by Gasteiger charge is -1.97. The Hall–Kier alpha value is -4.01. The molecule has 9 nitrogen and oxygen atoms in total. The molecule has 0 fully saturated rings. The summed E-state index contributed by atoms with van der Waals surface area (Å²) in [5.74, 6) is 0.343. The van der Waals surface area contributed by atoms with Gasteiger partial charge in [-0.1, -0.05) is 30.3 Å². The minimum absolute atomic E-state index is 0.0212. The van der Waals surface area contributed by atoms with Crippen molar-refractivity contribution >= 4 is 11.7 Å². The summed E-state index contributed by atoms with van der Waals surface area (Å²) in [6.07, 6.45) is 1.46. The highest BCUT2D eigenvalue weighted by molar-refractivity contribution is 5.97. The highest BCUT2D eigenvalue weighted by Crippen LogP contribution is 2.28. The van der Waals surface area contributed by atoms with Gasteiger partial charge in [0.25, 0.3) is 5.91 Å². The molecule has 1 aromatic carbocycles. The number of benzene rings is 1. The van der Waals surface area contributed by atoms with Crippen molar-refractivity contribution < 1.29 is 18.4 Å². The second-order valence-corrected chi connectivity index (χ2v) is 6.01. The Kier molecular flexibility index (Phi) is 4.32. The number of Topliss-reactive ketones (excluding diaryl/α,β-unsaturated/α-hetero) is 1. The van der Waals surface area contributed by atoms with Crippen LogP contribution in [0.4, 0.5) is 0 Å². The number of nitrogens with two attached hydrogens (primary N) is 1. The van der Waals surface area contributed by atoms with E-state index in [1.165, 1.54) is 17.9 Å². The van der Waals surface area contributed by atoms with Crippen LogP contribution in [-0.2, 0) is 6.54 Å². The van der Waals surface area contributed by atoms with E-state index < -0.39 is 5.91 Å². The lowest BCUT2D eigenvalue weighted by atomic mass is 10.1. The molecule has 9 heteroatoms. The van der Waals surface area contributed by atoms with Gasteiger partial charge in [-0.05, 0) is 12.1 Å². The Morgan fingerprint density at radius 3 is 2.57 bits per heavy atom. The van der Waals surface area contributed by atoms with Crippen molar-refractivity contribution in [2.75, 3.05) is 0 Å². The van der Waals surface area contributed by atoms with Crippen LogP contribution >= 0.6 is 0 Å². The van der Waals surface area contributed by atoms with E-state index in [-0.39, 0.29) is 35.4 Å². The first kappa shape index (κ1) is 17.4. The average Bonchev–Trinajstić information content (AvgIpc) is 3.42. The fourth-order valence-electron chi connectivity index (χ4n) is 2.64. The van der Waals surface area contributed by atoms with Gasteiger partial charge in [0.05, 0.1) is 6.20 Å². The molecular formula is C19H15N5O4. The van der Waals surface area contributed by atoms with E-state index in [2.05, 4.69) is 15.2 Å². The molecule has 1 amide bonds. The standard InChI is InChI=1S/C19H15N5O4/c1-11(25)15-8-7-13(27-15)10-24-21-9-14(23-24)19-22-16(18(20)26)17(28-19)12-5-3-2-4-6-12/h2-9H,10H2,1H3,(H2,20,26). The Balaban J connectivity index is 1.63. The number of furan rings is 1. The van der Waals surface area contributed by atoms with Crippen molar-refractivity contribution in [3.63, 3.8) is 0 Å². The fourth-order valence-corrected chi connectivity index (χ4v) is 2.64. The Morgan fingerprint density at radius 2 is 1.89 bits per heavy atom. The van der Waals surface area contributed by atoms with E-state index in [0.29, 0.717) is 17.0 Å². The molecule has 0 aliphatic carbocycles. The van der Waals surface area contributed by atoms with Gasteiger partial charge in [-0.3, -0.25) is 9.59 Å². The number of hydrogen-bond acceptors (Lipinski definition) is 7. The average molecular weight is 377 g/mol. The Labute approximate surface area is 158 Å². The van der Waals surface area contributed by atoms with Crippen LogP contribution in [0.1, 0.15) is 33.7 Å². The third-order valence-electron chi connectivity index (χ3n) is 3.96. The Bertz CT molecular complexity index is 1160.